The predicted molar refractivity (Wildman–Crippen MR) is 428 cm³/mol. The molecule has 0 heterocycles. The molecule has 0 rings (SSSR count). The van der Waals surface area contributed by atoms with E-state index in [1.807, 2.05) is 0 Å². The summed E-state index contributed by atoms with van der Waals surface area (Å²) in [6.45, 7) is 14.4. The van der Waals surface area contributed by atoms with Crippen LogP contribution in [0.4, 0.5) is 0 Å². The Morgan fingerprint density at radius 3 is 0.683 bits per heavy atom. The van der Waals surface area contributed by atoms with E-state index in [0.29, 0.717) is 25.7 Å². The van der Waals surface area contributed by atoms with Crippen LogP contribution in [0, 0.1) is 23.7 Å². The highest BCUT2D eigenvalue weighted by atomic mass is 31.2. The molecule has 0 aromatic rings. The van der Waals surface area contributed by atoms with Crippen molar-refractivity contribution in [1.29, 1.82) is 0 Å². The molecule has 3 N–H and O–H groups in total. The maximum atomic E-state index is 13.1. The van der Waals surface area contributed by atoms with E-state index in [2.05, 4.69) is 55.4 Å². The fourth-order valence-electron chi connectivity index (χ4n) is 13.0. The molecule has 0 saturated heterocycles. The molecule has 0 amide bonds. The number of aliphatic hydroxyl groups is 1. The van der Waals surface area contributed by atoms with Crippen molar-refractivity contribution in [3.63, 3.8) is 0 Å². The molecule has 0 aliphatic heterocycles. The minimum Gasteiger partial charge on any atom is -0.462 e. The fraction of sp³-hybridized carbons (Fsp3) is 0.953. The van der Waals surface area contributed by atoms with Gasteiger partial charge in [-0.15, -0.1) is 0 Å². The molecule has 0 spiro atoms. The first-order valence-electron chi connectivity index (χ1n) is 43.8. The topological polar surface area (TPSA) is 237 Å². The molecule has 0 aliphatic rings. The van der Waals surface area contributed by atoms with Crippen LogP contribution in [-0.2, 0) is 65.4 Å². The molecule has 0 fully saturated rings. The smallest absolute Gasteiger partial charge is 0.462 e. The molecule has 0 aromatic carbocycles. The number of hydrogen-bond donors (Lipinski definition) is 3. The van der Waals surface area contributed by atoms with Gasteiger partial charge >= 0.3 is 39.5 Å². The molecule has 19 heteroatoms. The number of unbranched alkanes of at least 4 members (excludes halogenated alkanes) is 45. The highest BCUT2D eigenvalue weighted by molar-refractivity contribution is 7.47. The van der Waals surface area contributed by atoms with Crippen molar-refractivity contribution in [2.45, 2.75) is 459 Å². The van der Waals surface area contributed by atoms with Crippen LogP contribution in [0.1, 0.15) is 441 Å². The number of esters is 4. The van der Waals surface area contributed by atoms with E-state index in [1.54, 1.807) is 0 Å². The van der Waals surface area contributed by atoms with E-state index in [4.69, 9.17) is 37.0 Å². The molecule has 0 radical (unpaired) electrons. The third-order valence-corrected chi connectivity index (χ3v) is 22.8. The zero-order chi connectivity index (χ0) is 76.7. The van der Waals surface area contributed by atoms with Gasteiger partial charge < -0.3 is 33.8 Å². The third-order valence-electron chi connectivity index (χ3n) is 20.9. The number of aliphatic hydroxyl groups excluding tert-OH is 1. The van der Waals surface area contributed by atoms with Crippen molar-refractivity contribution in [3.8, 4) is 0 Å². The van der Waals surface area contributed by atoms with Crippen LogP contribution < -0.4 is 0 Å². The first kappa shape index (κ1) is 102. The van der Waals surface area contributed by atoms with E-state index in [1.165, 1.54) is 238 Å². The van der Waals surface area contributed by atoms with E-state index < -0.39 is 97.5 Å². The second kappa shape index (κ2) is 73.8. The lowest BCUT2D eigenvalue weighted by atomic mass is 9.99. The van der Waals surface area contributed by atoms with Crippen LogP contribution in [0.5, 0.6) is 0 Å². The second-order valence-electron chi connectivity index (χ2n) is 31.8. The van der Waals surface area contributed by atoms with Gasteiger partial charge in [0.2, 0.25) is 0 Å². The molecule has 618 valence electrons. The number of ether oxygens (including phenoxy) is 4. The summed E-state index contributed by atoms with van der Waals surface area (Å²) < 4.78 is 68.8. The van der Waals surface area contributed by atoms with Gasteiger partial charge in [0.1, 0.15) is 19.3 Å². The Morgan fingerprint density at radius 1 is 0.269 bits per heavy atom. The first-order valence-corrected chi connectivity index (χ1v) is 46.8. The summed E-state index contributed by atoms with van der Waals surface area (Å²) in [4.78, 5) is 73.2. The molecule has 17 nitrogen and oxygen atoms in total. The lowest BCUT2D eigenvalue weighted by Crippen LogP contribution is -2.30. The number of rotatable bonds is 82. The van der Waals surface area contributed by atoms with Crippen molar-refractivity contribution >= 4 is 39.5 Å². The van der Waals surface area contributed by atoms with Crippen LogP contribution >= 0.6 is 15.6 Å². The van der Waals surface area contributed by atoms with E-state index >= 15 is 0 Å². The van der Waals surface area contributed by atoms with Gasteiger partial charge in [-0.25, -0.2) is 9.13 Å². The summed E-state index contributed by atoms with van der Waals surface area (Å²) in [7, 11) is -9.93. The average molecular weight is 1520 g/mol. The van der Waals surface area contributed by atoms with Gasteiger partial charge in [-0.2, -0.15) is 0 Å². The van der Waals surface area contributed by atoms with Crippen molar-refractivity contribution in [2.24, 2.45) is 23.7 Å². The van der Waals surface area contributed by atoms with Crippen LogP contribution in [0.2, 0.25) is 0 Å². The Labute approximate surface area is 638 Å². The minimum absolute atomic E-state index is 0.107. The van der Waals surface area contributed by atoms with Crippen molar-refractivity contribution in [3.05, 3.63) is 0 Å². The minimum atomic E-state index is -4.96. The Morgan fingerprint density at radius 2 is 0.462 bits per heavy atom. The number of phosphoric ester groups is 2. The number of hydrogen-bond acceptors (Lipinski definition) is 15. The second-order valence-corrected chi connectivity index (χ2v) is 34.7. The quantitative estimate of drug-likeness (QED) is 0.0222. The number of phosphoric acid groups is 2. The van der Waals surface area contributed by atoms with Gasteiger partial charge in [0.05, 0.1) is 26.4 Å². The largest absolute Gasteiger partial charge is 0.472 e. The normalized spacial score (nSPS) is 14.7. The van der Waals surface area contributed by atoms with Gasteiger partial charge in [-0.3, -0.25) is 37.3 Å². The van der Waals surface area contributed by atoms with E-state index in [0.717, 1.165) is 120 Å². The summed E-state index contributed by atoms with van der Waals surface area (Å²) in [6.07, 6.45) is 62.4. The molecule has 104 heavy (non-hydrogen) atoms. The van der Waals surface area contributed by atoms with Crippen LogP contribution in [0.25, 0.3) is 0 Å². The van der Waals surface area contributed by atoms with E-state index in [-0.39, 0.29) is 25.7 Å². The maximum absolute atomic E-state index is 13.1. The maximum Gasteiger partial charge on any atom is 0.472 e. The van der Waals surface area contributed by atoms with Gasteiger partial charge in [0.25, 0.3) is 0 Å². The van der Waals surface area contributed by atoms with Gasteiger partial charge in [0, 0.05) is 25.7 Å². The lowest BCUT2D eigenvalue weighted by Gasteiger charge is -2.21. The van der Waals surface area contributed by atoms with Crippen LogP contribution in [0.15, 0.2) is 0 Å². The zero-order valence-corrected chi connectivity index (χ0v) is 70.5. The number of carbonyl (C=O) groups excluding carboxylic acids is 4. The standard InChI is InChI=1S/C85H166O17P2/c1-9-76(6)62-54-46-38-32-26-22-18-14-12-13-15-19-23-27-35-41-51-59-68-85(90)102-81(72-96-83(88)66-58-50-44-43-48-56-64-78(8)11-3)74-100-104(93,94)98-70-79(86)69-97-103(91,92)99-73-80(71-95-82(87)65-57-49-40-34-30-29-33-39-47-55-63-77(7)10-2)101-84(89)67-60-52-42-36-28-24-20-16-17-21-25-31-37-45-53-61-75(4)5/h75-81,86H,9-74H2,1-8H3,(H,91,92)(H,93,94)/t76?,77?,78?,79-,80-,81-/m1/s1. The van der Waals surface area contributed by atoms with Crippen molar-refractivity contribution in [1.82, 2.24) is 0 Å². The van der Waals surface area contributed by atoms with Gasteiger partial charge in [-0.1, -0.05) is 389 Å². The summed E-state index contributed by atoms with van der Waals surface area (Å²) >= 11 is 0. The zero-order valence-electron chi connectivity index (χ0n) is 68.7. The Balaban J connectivity index is 5.21. The molecule has 0 saturated carbocycles. The average Bonchev–Trinajstić information content (AvgIpc) is 0.915. The van der Waals surface area contributed by atoms with Crippen molar-refractivity contribution in [2.75, 3.05) is 39.6 Å². The Bertz CT molecular complexity index is 2030. The highest BCUT2D eigenvalue weighted by Gasteiger charge is 2.31. The molecular weight excluding hydrogens is 1350 g/mol. The molecule has 5 unspecified atom stereocenters. The third kappa shape index (κ3) is 74.2. The number of carbonyl (C=O) groups is 4. The van der Waals surface area contributed by atoms with Crippen LogP contribution in [-0.4, -0.2) is 96.7 Å². The first-order chi connectivity index (χ1) is 50.2. The summed E-state index contributed by atoms with van der Waals surface area (Å²) in [6, 6.07) is 0. The van der Waals surface area contributed by atoms with Gasteiger partial charge in [-0.05, 0) is 49.4 Å². The Hall–Kier alpha value is -1.94. The predicted octanol–water partition coefficient (Wildman–Crippen LogP) is 25.6. The molecule has 0 aromatic heterocycles. The molecular formula is C85H166O17P2. The van der Waals surface area contributed by atoms with Gasteiger partial charge in [0.15, 0.2) is 12.2 Å². The molecule has 0 bridgehead atoms. The fourth-order valence-corrected chi connectivity index (χ4v) is 14.6. The van der Waals surface area contributed by atoms with E-state index in [9.17, 15) is 43.2 Å². The molecule has 8 atom stereocenters. The Kier molecular flexibility index (Phi) is 72.5. The molecule has 0 aliphatic carbocycles. The van der Waals surface area contributed by atoms with Crippen LogP contribution in [0.3, 0.4) is 0 Å². The summed E-state index contributed by atoms with van der Waals surface area (Å²) in [5.41, 5.74) is 0. The summed E-state index contributed by atoms with van der Waals surface area (Å²) in [5, 5.41) is 10.7. The summed E-state index contributed by atoms with van der Waals surface area (Å²) in [5.74, 6) is 1.10. The monoisotopic (exact) mass is 1520 g/mol. The highest BCUT2D eigenvalue weighted by Crippen LogP contribution is 2.45. The lowest BCUT2D eigenvalue weighted by molar-refractivity contribution is -0.161. The van der Waals surface area contributed by atoms with Crippen molar-refractivity contribution < 1.29 is 80.2 Å². The SMILES string of the molecule is CCC(C)CCCCCCCCCCCCCCCCCCCCC(=O)O[C@H](COC(=O)CCCCCCCCC(C)CC)COP(=O)(O)OC[C@H](O)COP(=O)(O)OC[C@@H](COC(=O)CCCCCCCCCCCCC(C)CC)OC(=O)CCCCCCCCCCCCCCCCCC(C)C.